The van der Waals surface area contributed by atoms with Crippen LogP contribution in [0.4, 0.5) is 0 Å². The summed E-state index contributed by atoms with van der Waals surface area (Å²) in [7, 11) is 1.72. The molecule has 0 saturated heterocycles. The fraction of sp³-hybridized carbons (Fsp3) is 0.800. The average molecular weight is 171 g/mol. The first-order valence-electron chi connectivity index (χ1n) is 4.36. The molecule has 0 rings (SSSR count). The van der Waals surface area contributed by atoms with Crippen molar-refractivity contribution in [2.75, 3.05) is 20.3 Å². The smallest absolute Gasteiger partial charge is 0.0639 e. The van der Waals surface area contributed by atoms with Crippen LogP contribution < -0.4 is 5.32 Å². The van der Waals surface area contributed by atoms with Gasteiger partial charge >= 0.3 is 0 Å². The van der Waals surface area contributed by atoms with Crippen LogP contribution in [0.1, 0.15) is 27.2 Å². The third-order valence-corrected chi connectivity index (χ3v) is 1.66. The van der Waals surface area contributed by atoms with Crippen LogP contribution in [-0.4, -0.2) is 25.8 Å². The van der Waals surface area contributed by atoms with Crippen LogP contribution in [0.3, 0.4) is 0 Å². The van der Waals surface area contributed by atoms with Gasteiger partial charge in [-0.1, -0.05) is 5.57 Å². The molecule has 0 aromatic rings. The Hall–Kier alpha value is -0.340. The van der Waals surface area contributed by atoms with Crippen molar-refractivity contribution in [3.05, 3.63) is 12.2 Å². The van der Waals surface area contributed by atoms with Gasteiger partial charge in [-0.25, -0.2) is 0 Å². The monoisotopic (exact) mass is 171 g/mol. The van der Waals surface area contributed by atoms with Gasteiger partial charge in [0.05, 0.1) is 6.61 Å². The van der Waals surface area contributed by atoms with Gasteiger partial charge in [-0.3, -0.25) is 0 Å². The predicted octanol–water partition coefficient (Wildman–Crippen LogP) is 1.97. The molecule has 2 heteroatoms. The first-order chi connectivity index (χ1) is 5.48. The van der Waals surface area contributed by atoms with Gasteiger partial charge in [0, 0.05) is 12.6 Å². The van der Waals surface area contributed by atoms with E-state index in [0.717, 1.165) is 19.6 Å². The van der Waals surface area contributed by atoms with E-state index in [1.165, 1.54) is 5.57 Å². The molecule has 12 heavy (non-hydrogen) atoms. The van der Waals surface area contributed by atoms with E-state index >= 15 is 0 Å². The summed E-state index contributed by atoms with van der Waals surface area (Å²) in [6.45, 7) is 11.9. The van der Waals surface area contributed by atoms with Crippen molar-refractivity contribution >= 4 is 0 Å². The van der Waals surface area contributed by atoms with Crippen LogP contribution in [0.15, 0.2) is 12.2 Å². The maximum absolute atomic E-state index is 5.08. The van der Waals surface area contributed by atoms with Gasteiger partial charge in [0.2, 0.25) is 0 Å². The first kappa shape index (κ1) is 11.7. The topological polar surface area (TPSA) is 21.3 Å². The summed E-state index contributed by atoms with van der Waals surface area (Å²) in [5, 5.41) is 3.41. The zero-order chi connectivity index (χ0) is 9.61. The Bertz CT molecular complexity index is 141. The normalized spacial score (nSPS) is 11.7. The Morgan fingerprint density at radius 3 is 2.50 bits per heavy atom. The van der Waals surface area contributed by atoms with Crippen molar-refractivity contribution in [3.8, 4) is 0 Å². The lowest BCUT2D eigenvalue weighted by molar-refractivity contribution is 0.129. The second-order valence-electron chi connectivity index (χ2n) is 3.95. The van der Waals surface area contributed by atoms with Crippen molar-refractivity contribution < 1.29 is 4.74 Å². The number of hydrogen-bond acceptors (Lipinski definition) is 2. The third kappa shape index (κ3) is 6.38. The van der Waals surface area contributed by atoms with Crippen LogP contribution >= 0.6 is 0 Å². The molecule has 1 N–H and O–H groups in total. The van der Waals surface area contributed by atoms with E-state index < -0.39 is 0 Å². The quantitative estimate of drug-likeness (QED) is 0.617. The van der Waals surface area contributed by atoms with Crippen LogP contribution in [-0.2, 0) is 4.74 Å². The third-order valence-electron chi connectivity index (χ3n) is 1.66. The van der Waals surface area contributed by atoms with Gasteiger partial charge in [-0.15, -0.1) is 6.58 Å². The molecule has 0 heterocycles. The minimum Gasteiger partial charge on any atom is -0.383 e. The molecule has 0 aliphatic heterocycles. The van der Waals surface area contributed by atoms with E-state index in [0.29, 0.717) is 0 Å². The number of nitrogens with one attached hydrogen (secondary N) is 1. The molecular formula is C10H21NO. The van der Waals surface area contributed by atoms with Gasteiger partial charge in [0.1, 0.15) is 0 Å². The Balaban J connectivity index is 3.53. The standard InChI is InChI=1S/C10H21NO/c1-9(2)6-7-11-10(3,4)8-12-5/h11H,1,6-8H2,2-5H3. The van der Waals surface area contributed by atoms with Crippen molar-refractivity contribution in [1.82, 2.24) is 5.32 Å². The van der Waals surface area contributed by atoms with Crippen molar-refractivity contribution in [1.29, 1.82) is 0 Å². The molecule has 72 valence electrons. The van der Waals surface area contributed by atoms with Crippen LogP contribution in [0.5, 0.6) is 0 Å². The lowest BCUT2D eigenvalue weighted by Crippen LogP contribution is -2.43. The minimum atomic E-state index is 0.0736. The number of rotatable bonds is 6. The lowest BCUT2D eigenvalue weighted by atomic mass is 10.1. The van der Waals surface area contributed by atoms with Crippen molar-refractivity contribution in [2.24, 2.45) is 0 Å². The molecule has 0 bridgehead atoms. The molecule has 0 spiro atoms. The highest BCUT2D eigenvalue weighted by Crippen LogP contribution is 2.03. The van der Waals surface area contributed by atoms with Crippen LogP contribution in [0, 0.1) is 0 Å². The maximum Gasteiger partial charge on any atom is 0.0639 e. The summed E-state index contributed by atoms with van der Waals surface area (Å²) in [5.74, 6) is 0. The summed E-state index contributed by atoms with van der Waals surface area (Å²) in [6.07, 6.45) is 1.03. The molecule has 0 aromatic heterocycles. The SMILES string of the molecule is C=C(C)CCNC(C)(C)COC. The first-order valence-corrected chi connectivity index (χ1v) is 4.36. The summed E-state index contributed by atoms with van der Waals surface area (Å²) >= 11 is 0. The number of ether oxygens (including phenoxy) is 1. The molecule has 0 atom stereocenters. The fourth-order valence-electron chi connectivity index (χ4n) is 1.03. The Morgan fingerprint density at radius 2 is 2.08 bits per heavy atom. The van der Waals surface area contributed by atoms with E-state index in [-0.39, 0.29) is 5.54 Å². The average Bonchev–Trinajstić information content (AvgIpc) is 1.85. The number of hydrogen-bond donors (Lipinski definition) is 1. The highest BCUT2D eigenvalue weighted by atomic mass is 16.5. The van der Waals surface area contributed by atoms with Gasteiger partial charge in [0.15, 0.2) is 0 Å². The second-order valence-corrected chi connectivity index (χ2v) is 3.95. The van der Waals surface area contributed by atoms with Crippen molar-refractivity contribution in [2.45, 2.75) is 32.7 Å². The maximum atomic E-state index is 5.08. The zero-order valence-electron chi connectivity index (χ0n) is 8.74. The van der Waals surface area contributed by atoms with Gasteiger partial charge in [-0.2, -0.15) is 0 Å². The highest BCUT2D eigenvalue weighted by molar-refractivity contribution is 4.89. The van der Waals surface area contributed by atoms with Gasteiger partial charge in [0.25, 0.3) is 0 Å². The highest BCUT2D eigenvalue weighted by Gasteiger charge is 2.15. The zero-order valence-corrected chi connectivity index (χ0v) is 8.74. The molecule has 0 amide bonds. The largest absolute Gasteiger partial charge is 0.383 e. The lowest BCUT2D eigenvalue weighted by Gasteiger charge is -2.25. The van der Waals surface area contributed by atoms with E-state index in [1.807, 2.05) is 6.92 Å². The number of methoxy groups -OCH3 is 1. The van der Waals surface area contributed by atoms with Crippen molar-refractivity contribution in [3.63, 3.8) is 0 Å². The molecule has 0 aromatic carbocycles. The summed E-state index contributed by atoms with van der Waals surface area (Å²) in [5.41, 5.74) is 1.29. The fourth-order valence-corrected chi connectivity index (χ4v) is 1.03. The Labute approximate surface area is 76.0 Å². The van der Waals surface area contributed by atoms with E-state index in [4.69, 9.17) is 4.74 Å². The van der Waals surface area contributed by atoms with E-state index in [1.54, 1.807) is 7.11 Å². The van der Waals surface area contributed by atoms with E-state index in [9.17, 15) is 0 Å². The Kier molecular flexibility index (Phi) is 5.18. The molecule has 0 aliphatic carbocycles. The second kappa shape index (κ2) is 5.33. The van der Waals surface area contributed by atoms with Crippen LogP contribution in [0.2, 0.25) is 0 Å². The van der Waals surface area contributed by atoms with Gasteiger partial charge in [-0.05, 0) is 33.7 Å². The van der Waals surface area contributed by atoms with E-state index in [2.05, 4.69) is 25.7 Å². The summed E-state index contributed by atoms with van der Waals surface area (Å²) in [4.78, 5) is 0. The van der Waals surface area contributed by atoms with Gasteiger partial charge < -0.3 is 10.1 Å². The molecule has 0 aliphatic rings. The molecule has 0 saturated carbocycles. The van der Waals surface area contributed by atoms with Crippen LogP contribution in [0.25, 0.3) is 0 Å². The minimum absolute atomic E-state index is 0.0736. The predicted molar refractivity (Wildman–Crippen MR) is 53.4 cm³/mol. The molecular weight excluding hydrogens is 150 g/mol. The summed E-state index contributed by atoms with van der Waals surface area (Å²) < 4.78 is 5.08. The summed E-state index contributed by atoms with van der Waals surface area (Å²) in [6, 6.07) is 0. The Morgan fingerprint density at radius 1 is 1.50 bits per heavy atom. The molecule has 0 radical (unpaired) electrons. The molecule has 0 fully saturated rings. The molecule has 2 nitrogen and oxygen atoms in total. The molecule has 0 unspecified atom stereocenters.